The van der Waals surface area contributed by atoms with Crippen LogP contribution < -0.4 is 5.32 Å². The van der Waals surface area contributed by atoms with E-state index in [-0.39, 0.29) is 5.82 Å². The average molecular weight is 467 g/mol. The van der Waals surface area contributed by atoms with E-state index in [0.29, 0.717) is 39.9 Å². The molecular weight excluding hydrogens is 446 g/mol. The Morgan fingerprint density at radius 3 is 2.73 bits per heavy atom. The molecule has 0 aliphatic heterocycles. The van der Waals surface area contributed by atoms with Crippen LogP contribution in [-0.4, -0.2) is 30.2 Å². The standard InChI is InChI=1S/C23H20F2N6OS/c1-3-30-21-15(12-26-30)14(11-17(29-21)19-9-6-10-33-19)22(32)27-13(2)20-28-16-7-4-5-8-18(16)31(20)23(24)25/h4-13,23H,3H2,1-2H3,(H,27,32). The number of pyridine rings is 1. The van der Waals surface area contributed by atoms with E-state index in [1.165, 1.54) is 11.3 Å². The first-order valence-corrected chi connectivity index (χ1v) is 11.3. The summed E-state index contributed by atoms with van der Waals surface area (Å²) in [5.41, 5.74) is 2.41. The van der Waals surface area contributed by atoms with Gasteiger partial charge in [0.25, 0.3) is 5.91 Å². The first kappa shape index (κ1) is 21.2. The number of amides is 1. The van der Waals surface area contributed by atoms with Gasteiger partial charge in [-0.3, -0.25) is 9.36 Å². The largest absolute Gasteiger partial charge is 0.342 e. The minimum absolute atomic E-state index is 0.0904. The van der Waals surface area contributed by atoms with E-state index in [9.17, 15) is 13.6 Å². The first-order chi connectivity index (χ1) is 16.0. The summed E-state index contributed by atoms with van der Waals surface area (Å²) in [5, 5.41) is 9.73. The summed E-state index contributed by atoms with van der Waals surface area (Å²) in [5.74, 6) is -0.316. The van der Waals surface area contributed by atoms with Crippen LogP contribution in [0.4, 0.5) is 8.78 Å². The second kappa shape index (κ2) is 8.36. The molecule has 0 spiro atoms. The number of alkyl halides is 2. The molecule has 0 saturated carbocycles. The summed E-state index contributed by atoms with van der Waals surface area (Å²) in [7, 11) is 0. The maximum Gasteiger partial charge on any atom is 0.320 e. The van der Waals surface area contributed by atoms with Crippen molar-refractivity contribution in [2.45, 2.75) is 33.0 Å². The first-order valence-electron chi connectivity index (χ1n) is 10.4. The van der Waals surface area contributed by atoms with Crippen molar-refractivity contribution in [2.24, 2.45) is 0 Å². The van der Waals surface area contributed by atoms with Gasteiger partial charge in [-0.05, 0) is 43.5 Å². The Bertz CT molecular complexity index is 1460. The number of hydrogen-bond donors (Lipinski definition) is 1. The Balaban J connectivity index is 1.55. The second-order valence-electron chi connectivity index (χ2n) is 7.53. The molecule has 1 N–H and O–H groups in total. The van der Waals surface area contributed by atoms with Crippen molar-refractivity contribution >= 4 is 39.3 Å². The number of nitrogens with zero attached hydrogens (tertiary/aromatic N) is 5. The normalized spacial score (nSPS) is 12.6. The van der Waals surface area contributed by atoms with Gasteiger partial charge in [0.2, 0.25) is 0 Å². The van der Waals surface area contributed by atoms with Crippen LogP contribution in [-0.2, 0) is 6.54 Å². The highest BCUT2D eigenvalue weighted by molar-refractivity contribution is 7.13. The fourth-order valence-corrected chi connectivity index (χ4v) is 4.62. The van der Waals surface area contributed by atoms with E-state index in [1.54, 1.807) is 48.1 Å². The van der Waals surface area contributed by atoms with Crippen LogP contribution in [0.2, 0.25) is 0 Å². The van der Waals surface area contributed by atoms with Gasteiger partial charge in [0.05, 0.1) is 44.8 Å². The number of para-hydroxylation sites is 2. The van der Waals surface area contributed by atoms with Crippen LogP contribution in [0.5, 0.6) is 0 Å². The lowest BCUT2D eigenvalue weighted by Crippen LogP contribution is -2.29. The number of imidazole rings is 1. The van der Waals surface area contributed by atoms with Crippen LogP contribution in [0.15, 0.2) is 54.0 Å². The molecule has 10 heteroatoms. The molecule has 0 fully saturated rings. The summed E-state index contributed by atoms with van der Waals surface area (Å²) < 4.78 is 30.3. The molecule has 168 valence electrons. The van der Waals surface area contributed by atoms with Gasteiger partial charge in [0, 0.05) is 6.54 Å². The number of fused-ring (bicyclic) bond motifs is 2. The van der Waals surface area contributed by atoms with E-state index in [1.807, 2.05) is 24.4 Å². The zero-order chi connectivity index (χ0) is 23.1. The molecule has 5 rings (SSSR count). The van der Waals surface area contributed by atoms with Crippen molar-refractivity contribution in [1.29, 1.82) is 0 Å². The molecule has 33 heavy (non-hydrogen) atoms. The minimum Gasteiger partial charge on any atom is -0.342 e. The number of thiophene rings is 1. The Kier molecular flexibility index (Phi) is 5.37. The molecule has 7 nitrogen and oxygen atoms in total. The maximum atomic E-state index is 13.9. The highest BCUT2D eigenvalue weighted by Gasteiger charge is 2.25. The Morgan fingerprint density at radius 2 is 2.00 bits per heavy atom. The highest BCUT2D eigenvalue weighted by Crippen LogP contribution is 2.30. The van der Waals surface area contributed by atoms with Crippen LogP contribution in [0, 0.1) is 0 Å². The third-order valence-electron chi connectivity index (χ3n) is 5.48. The van der Waals surface area contributed by atoms with E-state index >= 15 is 0 Å². The summed E-state index contributed by atoms with van der Waals surface area (Å²) >= 11 is 1.52. The van der Waals surface area contributed by atoms with Crippen molar-refractivity contribution in [2.75, 3.05) is 0 Å². The molecule has 5 aromatic rings. The van der Waals surface area contributed by atoms with Gasteiger partial charge in [-0.2, -0.15) is 13.9 Å². The number of aryl methyl sites for hydroxylation is 1. The summed E-state index contributed by atoms with van der Waals surface area (Å²) in [6, 6.07) is 11.5. The monoisotopic (exact) mass is 466 g/mol. The van der Waals surface area contributed by atoms with Crippen molar-refractivity contribution in [1.82, 2.24) is 29.6 Å². The van der Waals surface area contributed by atoms with Gasteiger partial charge >= 0.3 is 6.55 Å². The number of hydrogen-bond acceptors (Lipinski definition) is 5. The fraction of sp³-hybridized carbons (Fsp3) is 0.217. The quantitative estimate of drug-likeness (QED) is 0.363. The molecule has 0 aliphatic carbocycles. The van der Waals surface area contributed by atoms with E-state index in [2.05, 4.69) is 15.4 Å². The van der Waals surface area contributed by atoms with Gasteiger partial charge in [-0.1, -0.05) is 18.2 Å². The number of halogens is 2. The molecule has 4 aromatic heterocycles. The van der Waals surface area contributed by atoms with Crippen molar-refractivity contribution in [3.05, 3.63) is 65.4 Å². The highest BCUT2D eigenvalue weighted by atomic mass is 32.1. The Labute approximate surface area is 191 Å². The molecule has 1 amide bonds. The molecule has 1 atom stereocenters. The van der Waals surface area contributed by atoms with E-state index < -0.39 is 18.5 Å². The number of carbonyl (C=O) groups excluding carboxylic acids is 1. The molecule has 4 heterocycles. The number of benzene rings is 1. The lowest BCUT2D eigenvalue weighted by Gasteiger charge is -2.16. The maximum absolute atomic E-state index is 13.9. The van der Waals surface area contributed by atoms with Crippen molar-refractivity contribution in [3.8, 4) is 10.6 Å². The number of rotatable bonds is 6. The summed E-state index contributed by atoms with van der Waals surface area (Å²) in [6.45, 7) is 1.40. The molecule has 0 bridgehead atoms. The van der Waals surface area contributed by atoms with Crippen molar-refractivity contribution in [3.63, 3.8) is 0 Å². The topological polar surface area (TPSA) is 77.6 Å². The van der Waals surface area contributed by atoms with E-state index in [4.69, 9.17) is 4.98 Å². The number of carbonyl (C=O) groups is 1. The van der Waals surface area contributed by atoms with Gasteiger partial charge in [-0.25, -0.2) is 14.6 Å². The molecule has 1 unspecified atom stereocenters. The van der Waals surface area contributed by atoms with Crippen LogP contribution in [0.25, 0.3) is 32.6 Å². The molecule has 0 aliphatic rings. The lowest BCUT2D eigenvalue weighted by molar-refractivity contribution is 0.0688. The predicted molar refractivity (Wildman–Crippen MR) is 123 cm³/mol. The van der Waals surface area contributed by atoms with Crippen LogP contribution >= 0.6 is 11.3 Å². The third kappa shape index (κ3) is 3.66. The summed E-state index contributed by atoms with van der Waals surface area (Å²) in [6.07, 6.45) is 1.61. The number of aromatic nitrogens is 5. The zero-order valence-corrected chi connectivity index (χ0v) is 18.7. The minimum atomic E-state index is -2.78. The second-order valence-corrected chi connectivity index (χ2v) is 8.48. The third-order valence-corrected chi connectivity index (χ3v) is 6.37. The van der Waals surface area contributed by atoms with Gasteiger partial charge in [0.1, 0.15) is 5.82 Å². The SMILES string of the molecule is CCn1ncc2c(C(=O)NC(C)c3nc4ccccc4n3C(F)F)cc(-c3cccs3)nc21. The Morgan fingerprint density at radius 1 is 1.18 bits per heavy atom. The average Bonchev–Trinajstić information content (AvgIpc) is 3.55. The predicted octanol–water partition coefficient (Wildman–Crippen LogP) is 5.42. The summed E-state index contributed by atoms with van der Waals surface area (Å²) in [4.78, 5) is 23.3. The van der Waals surface area contributed by atoms with Gasteiger partial charge < -0.3 is 5.32 Å². The smallest absolute Gasteiger partial charge is 0.320 e. The van der Waals surface area contributed by atoms with Crippen LogP contribution in [0.1, 0.15) is 42.6 Å². The van der Waals surface area contributed by atoms with Crippen LogP contribution in [0.3, 0.4) is 0 Å². The van der Waals surface area contributed by atoms with Gasteiger partial charge in [-0.15, -0.1) is 11.3 Å². The van der Waals surface area contributed by atoms with Gasteiger partial charge in [0.15, 0.2) is 5.65 Å². The Hall–Kier alpha value is -3.66. The number of nitrogens with one attached hydrogen (secondary N) is 1. The molecule has 0 saturated heterocycles. The lowest BCUT2D eigenvalue weighted by atomic mass is 10.1. The zero-order valence-electron chi connectivity index (χ0n) is 17.9. The van der Waals surface area contributed by atoms with E-state index in [0.717, 1.165) is 9.44 Å². The van der Waals surface area contributed by atoms with Crippen molar-refractivity contribution < 1.29 is 13.6 Å². The molecule has 1 aromatic carbocycles. The molecule has 0 radical (unpaired) electrons. The fourth-order valence-electron chi connectivity index (χ4n) is 3.93. The molecular formula is C23H20F2N6OS.